The van der Waals surface area contributed by atoms with Crippen molar-refractivity contribution in [3.8, 4) is 0 Å². The van der Waals surface area contributed by atoms with E-state index in [1.54, 1.807) is 13.2 Å². The van der Waals surface area contributed by atoms with E-state index in [-0.39, 0.29) is 17.4 Å². The van der Waals surface area contributed by atoms with Gasteiger partial charge in [0.15, 0.2) is 11.4 Å². The second-order valence-electron chi connectivity index (χ2n) is 4.71. The highest BCUT2D eigenvalue weighted by Crippen LogP contribution is 2.27. The summed E-state index contributed by atoms with van der Waals surface area (Å²) < 4.78 is 24.1. The van der Waals surface area contributed by atoms with E-state index in [0.29, 0.717) is 18.3 Å². The van der Waals surface area contributed by atoms with Crippen LogP contribution in [0.5, 0.6) is 0 Å². The van der Waals surface area contributed by atoms with Crippen molar-refractivity contribution in [1.82, 2.24) is 0 Å². The van der Waals surface area contributed by atoms with Crippen molar-refractivity contribution in [2.75, 3.05) is 13.7 Å². The minimum atomic E-state index is -0.351. The molecule has 1 aromatic carbocycles. The first-order valence-electron chi connectivity index (χ1n) is 6.04. The van der Waals surface area contributed by atoms with Crippen LogP contribution in [-0.4, -0.2) is 13.7 Å². The predicted molar refractivity (Wildman–Crippen MR) is 68.8 cm³/mol. The Hall–Kier alpha value is -1.39. The lowest BCUT2D eigenvalue weighted by atomic mass is 10.0. The van der Waals surface area contributed by atoms with Gasteiger partial charge < -0.3 is 14.9 Å². The molecule has 0 saturated heterocycles. The molecule has 98 valence electrons. The van der Waals surface area contributed by atoms with Gasteiger partial charge in [-0.15, -0.1) is 0 Å². The fourth-order valence-corrected chi connectivity index (χ4v) is 2.13. The van der Waals surface area contributed by atoms with Crippen molar-refractivity contribution in [3.05, 3.63) is 35.8 Å². The second kappa shape index (κ2) is 5.50. The summed E-state index contributed by atoms with van der Waals surface area (Å²) in [5.41, 5.74) is 6.35. The van der Waals surface area contributed by atoms with E-state index in [4.69, 9.17) is 14.9 Å². The summed E-state index contributed by atoms with van der Waals surface area (Å²) in [4.78, 5) is 0. The van der Waals surface area contributed by atoms with E-state index >= 15 is 0 Å². The van der Waals surface area contributed by atoms with Crippen LogP contribution in [0.25, 0.3) is 11.0 Å². The average molecular weight is 251 g/mol. The molecule has 1 aromatic heterocycles. The quantitative estimate of drug-likeness (QED) is 0.887. The number of ether oxygens (including phenoxy) is 1. The fraction of sp³-hybridized carbons (Fsp3) is 0.429. The number of methoxy groups -OCH3 is 1. The maximum Gasteiger partial charge on any atom is 0.169 e. The fourth-order valence-electron chi connectivity index (χ4n) is 2.13. The van der Waals surface area contributed by atoms with Crippen molar-refractivity contribution < 1.29 is 13.5 Å². The van der Waals surface area contributed by atoms with E-state index < -0.39 is 0 Å². The third-order valence-corrected chi connectivity index (χ3v) is 2.99. The molecule has 0 aliphatic heterocycles. The third-order valence-electron chi connectivity index (χ3n) is 2.99. The van der Waals surface area contributed by atoms with Crippen molar-refractivity contribution in [3.63, 3.8) is 0 Å². The minimum absolute atomic E-state index is 0.234. The van der Waals surface area contributed by atoms with Crippen molar-refractivity contribution in [2.24, 2.45) is 11.7 Å². The van der Waals surface area contributed by atoms with Crippen molar-refractivity contribution >= 4 is 11.0 Å². The normalized spacial score (nSPS) is 14.9. The Kier molecular flexibility index (Phi) is 3.99. The molecule has 2 unspecified atom stereocenters. The van der Waals surface area contributed by atoms with Gasteiger partial charge in [-0.05, 0) is 24.5 Å². The molecule has 2 atom stereocenters. The van der Waals surface area contributed by atoms with E-state index in [9.17, 15) is 4.39 Å². The zero-order valence-electron chi connectivity index (χ0n) is 10.7. The van der Waals surface area contributed by atoms with Gasteiger partial charge >= 0.3 is 0 Å². The summed E-state index contributed by atoms with van der Waals surface area (Å²) in [6.45, 7) is 2.72. The predicted octanol–water partition coefficient (Wildman–Crippen LogP) is 3.24. The van der Waals surface area contributed by atoms with Gasteiger partial charge in [0.1, 0.15) is 5.76 Å². The van der Waals surface area contributed by atoms with Gasteiger partial charge in [-0.2, -0.15) is 0 Å². The SMILES string of the molecule is COCC(C)CC(N)c1cc2cccc(F)c2o1. The summed E-state index contributed by atoms with van der Waals surface area (Å²) in [5.74, 6) is 0.608. The molecule has 0 bridgehead atoms. The standard InChI is InChI=1S/C14H18FNO2/c1-9(8-17-2)6-12(16)13-7-10-4-3-5-11(15)14(10)18-13/h3-5,7,9,12H,6,8,16H2,1-2H3. The molecule has 0 radical (unpaired) electrons. The van der Waals surface area contributed by atoms with E-state index in [2.05, 4.69) is 6.92 Å². The van der Waals surface area contributed by atoms with Crippen LogP contribution in [0.4, 0.5) is 4.39 Å². The largest absolute Gasteiger partial charge is 0.456 e. The molecule has 0 aliphatic carbocycles. The molecule has 0 aliphatic rings. The summed E-state index contributed by atoms with van der Waals surface area (Å²) in [6.07, 6.45) is 0.745. The van der Waals surface area contributed by atoms with Crippen LogP contribution in [0.2, 0.25) is 0 Å². The molecule has 1 heterocycles. The third kappa shape index (κ3) is 2.71. The Labute approximate surface area is 106 Å². The molecular weight excluding hydrogens is 233 g/mol. The van der Waals surface area contributed by atoms with Crippen LogP contribution in [0.3, 0.4) is 0 Å². The van der Waals surface area contributed by atoms with Gasteiger partial charge in [0.05, 0.1) is 6.04 Å². The summed E-state index contributed by atoms with van der Waals surface area (Å²) >= 11 is 0. The Bertz CT molecular complexity index is 523. The highest BCUT2D eigenvalue weighted by molar-refractivity contribution is 5.78. The molecule has 2 N–H and O–H groups in total. The minimum Gasteiger partial charge on any atom is -0.456 e. The molecule has 0 spiro atoms. The number of nitrogens with two attached hydrogens (primary N) is 1. The molecule has 3 nitrogen and oxygen atoms in total. The van der Waals surface area contributed by atoms with Crippen LogP contribution >= 0.6 is 0 Å². The number of benzene rings is 1. The van der Waals surface area contributed by atoms with Crippen LogP contribution < -0.4 is 5.73 Å². The number of para-hydroxylation sites is 1. The van der Waals surface area contributed by atoms with Crippen molar-refractivity contribution in [1.29, 1.82) is 0 Å². The summed E-state index contributed by atoms with van der Waals surface area (Å²) in [5, 5.41) is 0.750. The molecular formula is C14H18FNO2. The van der Waals surface area contributed by atoms with E-state index in [1.807, 2.05) is 12.1 Å². The van der Waals surface area contributed by atoms with Crippen LogP contribution in [0.15, 0.2) is 28.7 Å². The summed E-state index contributed by atoms with van der Waals surface area (Å²) in [6, 6.07) is 6.44. The van der Waals surface area contributed by atoms with Gasteiger partial charge in [-0.3, -0.25) is 0 Å². The molecule has 18 heavy (non-hydrogen) atoms. The lowest BCUT2D eigenvalue weighted by Gasteiger charge is -2.14. The first-order chi connectivity index (χ1) is 8.61. The van der Waals surface area contributed by atoms with Gasteiger partial charge in [0.25, 0.3) is 0 Å². The van der Waals surface area contributed by atoms with Gasteiger partial charge in [0, 0.05) is 19.1 Å². The number of fused-ring (bicyclic) bond motifs is 1. The zero-order chi connectivity index (χ0) is 13.1. The average Bonchev–Trinajstić information content (AvgIpc) is 2.74. The van der Waals surface area contributed by atoms with E-state index in [1.165, 1.54) is 6.07 Å². The topological polar surface area (TPSA) is 48.4 Å². The van der Waals surface area contributed by atoms with Crippen LogP contribution in [0.1, 0.15) is 25.1 Å². The lowest BCUT2D eigenvalue weighted by molar-refractivity contribution is 0.150. The first kappa shape index (κ1) is 13.1. The van der Waals surface area contributed by atoms with Crippen LogP contribution in [-0.2, 0) is 4.74 Å². The molecule has 0 fully saturated rings. The number of hydrogen-bond acceptors (Lipinski definition) is 3. The van der Waals surface area contributed by atoms with Gasteiger partial charge in [-0.1, -0.05) is 19.1 Å². The van der Waals surface area contributed by atoms with Gasteiger partial charge in [-0.25, -0.2) is 4.39 Å². The monoisotopic (exact) mass is 251 g/mol. The number of halogens is 1. The Morgan fingerprint density at radius 1 is 1.44 bits per heavy atom. The maximum atomic E-state index is 13.5. The highest BCUT2D eigenvalue weighted by Gasteiger charge is 2.16. The molecule has 0 amide bonds. The highest BCUT2D eigenvalue weighted by atomic mass is 19.1. The maximum absolute atomic E-state index is 13.5. The molecule has 0 saturated carbocycles. The van der Waals surface area contributed by atoms with Crippen molar-refractivity contribution in [2.45, 2.75) is 19.4 Å². The first-order valence-corrected chi connectivity index (χ1v) is 6.04. The van der Waals surface area contributed by atoms with E-state index in [0.717, 1.165) is 11.8 Å². The smallest absolute Gasteiger partial charge is 0.169 e. The molecule has 2 rings (SSSR count). The zero-order valence-corrected chi connectivity index (χ0v) is 10.7. The number of furan rings is 1. The second-order valence-corrected chi connectivity index (χ2v) is 4.71. The molecule has 2 aromatic rings. The Balaban J connectivity index is 2.18. The van der Waals surface area contributed by atoms with Crippen LogP contribution in [0, 0.1) is 11.7 Å². The number of rotatable bonds is 5. The lowest BCUT2D eigenvalue weighted by Crippen LogP contribution is -2.16. The van der Waals surface area contributed by atoms with Gasteiger partial charge in [0.2, 0.25) is 0 Å². The molecule has 4 heteroatoms. The Morgan fingerprint density at radius 3 is 2.89 bits per heavy atom. The Morgan fingerprint density at radius 2 is 2.22 bits per heavy atom. The summed E-state index contributed by atoms with van der Waals surface area (Å²) in [7, 11) is 1.67. The number of hydrogen-bond donors (Lipinski definition) is 1.